The standard InChI is InChI=1S/C11H14Cl2N2O/c12-7-9-6-10(13)11(14-8-9)15-2-1-4-16-5-3-15/h6,8H,1-5,7H2. The zero-order chi connectivity index (χ0) is 11.4. The van der Waals surface area contributed by atoms with Crippen LogP contribution in [0, 0.1) is 0 Å². The van der Waals surface area contributed by atoms with Crippen molar-refractivity contribution in [2.24, 2.45) is 0 Å². The van der Waals surface area contributed by atoms with E-state index in [1.54, 1.807) is 6.20 Å². The molecule has 16 heavy (non-hydrogen) atoms. The van der Waals surface area contributed by atoms with Gasteiger partial charge in [-0.05, 0) is 18.1 Å². The first-order valence-corrected chi connectivity index (χ1v) is 6.25. The van der Waals surface area contributed by atoms with Gasteiger partial charge in [-0.2, -0.15) is 0 Å². The van der Waals surface area contributed by atoms with Crippen LogP contribution < -0.4 is 4.90 Å². The molecular formula is C11H14Cl2N2O. The number of rotatable bonds is 2. The Labute approximate surface area is 105 Å². The van der Waals surface area contributed by atoms with E-state index in [0.29, 0.717) is 10.9 Å². The maximum Gasteiger partial charge on any atom is 0.147 e. The fourth-order valence-electron chi connectivity index (χ4n) is 1.73. The molecule has 0 N–H and O–H groups in total. The molecule has 0 bridgehead atoms. The van der Waals surface area contributed by atoms with Crippen molar-refractivity contribution in [3.05, 3.63) is 22.8 Å². The lowest BCUT2D eigenvalue weighted by Gasteiger charge is -2.21. The van der Waals surface area contributed by atoms with Crippen LogP contribution >= 0.6 is 23.2 Å². The molecule has 5 heteroatoms. The van der Waals surface area contributed by atoms with Crippen molar-refractivity contribution in [1.29, 1.82) is 0 Å². The Morgan fingerprint density at radius 1 is 1.38 bits per heavy atom. The molecule has 1 aliphatic heterocycles. The van der Waals surface area contributed by atoms with Crippen LogP contribution in [0.25, 0.3) is 0 Å². The van der Waals surface area contributed by atoms with Crippen LogP contribution in [0.5, 0.6) is 0 Å². The van der Waals surface area contributed by atoms with Gasteiger partial charge in [0, 0.05) is 31.8 Å². The molecular weight excluding hydrogens is 247 g/mol. The molecule has 1 aliphatic rings. The third-order valence-corrected chi connectivity index (χ3v) is 3.14. The second-order valence-electron chi connectivity index (χ2n) is 3.74. The highest BCUT2D eigenvalue weighted by Crippen LogP contribution is 2.25. The molecule has 1 fully saturated rings. The molecule has 1 saturated heterocycles. The first-order chi connectivity index (χ1) is 7.81. The van der Waals surface area contributed by atoms with E-state index in [0.717, 1.165) is 44.1 Å². The normalized spacial score (nSPS) is 17.2. The quantitative estimate of drug-likeness (QED) is 0.765. The highest BCUT2D eigenvalue weighted by molar-refractivity contribution is 6.33. The van der Waals surface area contributed by atoms with Crippen LogP contribution in [0.15, 0.2) is 12.3 Å². The summed E-state index contributed by atoms with van der Waals surface area (Å²) in [5.41, 5.74) is 0.946. The number of halogens is 2. The molecule has 88 valence electrons. The zero-order valence-electron chi connectivity index (χ0n) is 8.96. The van der Waals surface area contributed by atoms with E-state index in [4.69, 9.17) is 27.9 Å². The second-order valence-corrected chi connectivity index (χ2v) is 4.41. The number of ether oxygens (including phenoxy) is 1. The van der Waals surface area contributed by atoms with E-state index >= 15 is 0 Å². The summed E-state index contributed by atoms with van der Waals surface area (Å²) >= 11 is 11.9. The molecule has 0 aliphatic carbocycles. The zero-order valence-corrected chi connectivity index (χ0v) is 10.5. The van der Waals surface area contributed by atoms with Crippen molar-refractivity contribution in [1.82, 2.24) is 4.98 Å². The van der Waals surface area contributed by atoms with E-state index in [1.165, 1.54) is 0 Å². The smallest absolute Gasteiger partial charge is 0.147 e. The highest BCUT2D eigenvalue weighted by Gasteiger charge is 2.14. The van der Waals surface area contributed by atoms with E-state index < -0.39 is 0 Å². The van der Waals surface area contributed by atoms with Crippen molar-refractivity contribution < 1.29 is 4.74 Å². The van der Waals surface area contributed by atoms with Gasteiger partial charge in [0.15, 0.2) is 0 Å². The fourth-order valence-corrected chi connectivity index (χ4v) is 2.19. The Bertz CT molecular complexity index is 352. The molecule has 0 unspecified atom stereocenters. The summed E-state index contributed by atoms with van der Waals surface area (Å²) in [6.07, 6.45) is 2.79. The van der Waals surface area contributed by atoms with Crippen molar-refractivity contribution in [3.63, 3.8) is 0 Å². The summed E-state index contributed by atoms with van der Waals surface area (Å²) in [4.78, 5) is 6.53. The fraction of sp³-hybridized carbons (Fsp3) is 0.545. The van der Waals surface area contributed by atoms with Gasteiger partial charge in [-0.15, -0.1) is 11.6 Å². The summed E-state index contributed by atoms with van der Waals surface area (Å²) in [5.74, 6) is 1.27. The molecule has 3 nitrogen and oxygen atoms in total. The molecule has 0 atom stereocenters. The van der Waals surface area contributed by atoms with Crippen LogP contribution in [0.3, 0.4) is 0 Å². The summed E-state index contributed by atoms with van der Waals surface area (Å²) in [5, 5.41) is 0.667. The lowest BCUT2D eigenvalue weighted by atomic mass is 10.3. The van der Waals surface area contributed by atoms with Gasteiger partial charge in [-0.1, -0.05) is 11.6 Å². The molecule has 0 amide bonds. The van der Waals surface area contributed by atoms with Crippen molar-refractivity contribution in [2.75, 3.05) is 31.2 Å². The minimum atomic E-state index is 0.441. The minimum Gasteiger partial charge on any atom is -0.380 e. The first-order valence-electron chi connectivity index (χ1n) is 5.34. The SMILES string of the molecule is ClCc1cnc(N2CCCOCC2)c(Cl)c1. The van der Waals surface area contributed by atoms with Gasteiger partial charge in [0.05, 0.1) is 11.6 Å². The van der Waals surface area contributed by atoms with Crippen LogP contribution in [-0.2, 0) is 10.6 Å². The molecule has 2 heterocycles. The van der Waals surface area contributed by atoms with Crippen LogP contribution in [0.1, 0.15) is 12.0 Å². The van der Waals surface area contributed by atoms with E-state index in [-0.39, 0.29) is 0 Å². The minimum absolute atomic E-state index is 0.441. The maximum atomic E-state index is 6.19. The number of anilines is 1. The van der Waals surface area contributed by atoms with Gasteiger partial charge < -0.3 is 9.64 Å². The predicted octanol–water partition coefficient (Wildman–Crippen LogP) is 2.70. The van der Waals surface area contributed by atoms with Gasteiger partial charge in [0.25, 0.3) is 0 Å². The third kappa shape index (κ3) is 2.78. The summed E-state index contributed by atoms with van der Waals surface area (Å²) < 4.78 is 5.40. The van der Waals surface area contributed by atoms with Crippen LogP contribution in [0.2, 0.25) is 5.02 Å². The largest absolute Gasteiger partial charge is 0.380 e. The topological polar surface area (TPSA) is 25.4 Å². The maximum absolute atomic E-state index is 6.19. The molecule has 1 aromatic rings. The number of hydrogen-bond acceptors (Lipinski definition) is 3. The van der Waals surface area contributed by atoms with Gasteiger partial charge in [-0.25, -0.2) is 4.98 Å². The average Bonchev–Trinajstić information content (AvgIpc) is 2.57. The Kier molecular flexibility index (Phi) is 4.27. The lowest BCUT2D eigenvalue weighted by Crippen LogP contribution is -2.27. The third-order valence-electron chi connectivity index (χ3n) is 2.55. The van der Waals surface area contributed by atoms with Crippen molar-refractivity contribution in [2.45, 2.75) is 12.3 Å². The van der Waals surface area contributed by atoms with Gasteiger partial charge in [0.1, 0.15) is 5.82 Å². The molecule has 0 radical (unpaired) electrons. The van der Waals surface area contributed by atoms with Crippen LogP contribution in [-0.4, -0.2) is 31.3 Å². The van der Waals surface area contributed by atoms with Crippen molar-refractivity contribution in [3.8, 4) is 0 Å². The Morgan fingerprint density at radius 2 is 2.25 bits per heavy atom. The van der Waals surface area contributed by atoms with Gasteiger partial charge in [-0.3, -0.25) is 0 Å². The van der Waals surface area contributed by atoms with Gasteiger partial charge in [0.2, 0.25) is 0 Å². The lowest BCUT2D eigenvalue weighted by molar-refractivity contribution is 0.152. The molecule has 2 rings (SSSR count). The monoisotopic (exact) mass is 260 g/mol. The summed E-state index contributed by atoms with van der Waals surface area (Å²) in [7, 11) is 0. The predicted molar refractivity (Wildman–Crippen MR) is 66.5 cm³/mol. The summed E-state index contributed by atoms with van der Waals surface area (Å²) in [6.45, 7) is 3.32. The Morgan fingerprint density at radius 3 is 3.00 bits per heavy atom. The number of nitrogens with zero attached hydrogens (tertiary/aromatic N) is 2. The Balaban J connectivity index is 2.18. The molecule has 0 spiro atoms. The average molecular weight is 261 g/mol. The first kappa shape index (κ1) is 12.0. The van der Waals surface area contributed by atoms with E-state index in [9.17, 15) is 0 Å². The Hall–Kier alpha value is -0.510. The molecule has 0 saturated carbocycles. The molecule has 0 aromatic carbocycles. The van der Waals surface area contributed by atoms with Crippen molar-refractivity contribution >= 4 is 29.0 Å². The number of pyridine rings is 1. The second kappa shape index (κ2) is 5.71. The van der Waals surface area contributed by atoms with Gasteiger partial charge >= 0.3 is 0 Å². The number of aromatic nitrogens is 1. The number of hydrogen-bond donors (Lipinski definition) is 0. The summed E-state index contributed by atoms with van der Waals surface area (Å²) in [6, 6.07) is 1.88. The van der Waals surface area contributed by atoms with Crippen LogP contribution in [0.4, 0.5) is 5.82 Å². The number of alkyl halides is 1. The van der Waals surface area contributed by atoms with E-state index in [1.807, 2.05) is 6.07 Å². The molecule has 1 aromatic heterocycles. The highest BCUT2D eigenvalue weighted by atomic mass is 35.5. The van der Waals surface area contributed by atoms with E-state index in [2.05, 4.69) is 9.88 Å².